The van der Waals surface area contributed by atoms with Crippen molar-refractivity contribution in [2.24, 2.45) is 0 Å². The summed E-state index contributed by atoms with van der Waals surface area (Å²) in [7, 11) is 0. The molecule has 9 nitrogen and oxygen atoms in total. The molecule has 3 amide bonds. The van der Waals surface area contributed by atoms with Crippen molar-refractivity contribution < 1.29 is 28.6 Å². The van der Waals surface area contributed by atoms with Crippen LogP contribution in [0.15, 0.2) is 54.6 Å². The predicted octanol–water partition coefficient (Wildman–Crippen LogP) is 5.25. The summed E-state index contributed by atoms with van der Waals surface area (Å²) >= 11 is 0. The highest BCUT2D eigenvalue weighted by atomic mass is 16.6. The average Bonchev–Trinajstić information content (AvgIpc) is 2.79. The first-order valence-electron chi connectivity index (χ1n) is 11.6. The molecule has 0 fully saturated rings. The lowest BCUT2D eigenvalue weighted by Crippen LogP contribution is -2.56. The Morgan fingerprint density at radius 1 is 0.829 bits per heavy atom. The van der Waals surface area contributed by atoms with Gasteiger partial charge in [-0.15, -0.1) is 0 Å². The Morgan fingerprint density at radius 2 is 1.43 bits per heavy atom. The Balaban J connectivity index is 2.28. The van der Waals surface area contributed by atoms with E-state index in [9.17, 15) is 14.4 Å². The van der Waals surface area contributed by atoms with E-state index in [2.05, 4.69) is 10.7 Å². The molecular weight excluding hydrogens is 450 g/mol. The highest BCUT2D eigenvalue weighted by Crippen LogP contribution is 2.22. The molecule has 0 spiro atoms. The van der Waals surface area contributed by atoms with Gasteiger partial charge in [0.05, 0.1) is 24.3 Å². The number of nitrogens with zero attached hydrogens (tertiary/aromatic N) is 1. The molecular formula is C26H35N3O6. The van der Waals surface area contributed by atoms with Crippen LogP contribution >= 0.6 is 0 Å². The maximum absolute atomic E-state index is 12.9. The molecule has 2 rings (SSSR count). The summed E-state index contributed by atoms with van der Waals surface area (Å²) in [5.41, 5.74) is 5.03. The molecule has 35 heavy (non-hydrogen) atoms. The van der Waals surface area contributed by atoms with Crippen molar-refractivity contribution in [3.63, 3.8) is 0 Å². The van der Waals surface area contributed by atoms with Gasteiger partial charge in [-0.05, 0) is 52.7 Å². The zero-order valence-electron chi connectivity index (χ0n) is 21.1. The van der Waals surface area contributed by atoms with Crippen LogP contribution in [0.25, 0.3) is 0 Å². The molecule has 190 valence electrons. The minimum absolute atomic E-state index is 0.0831. The van der Waals surface area contributed by atoms with Gasteiger partial charge < -0.3 is 19.5 Å². The van der Waals surface area contributed by atoms with Gasteiger partial charge in [0.1, 0.15) is 6.61 Å². The number of benzene rings is 2. The van der Waals surface area contributed by atoms with Crippen LogP contribution in [0, 0.1) is 6.92 Å². The van der Waals surface area contributed by atoms with Gasteiger partial charge in [-0.2, -0.15) is 0 Å². The second kappa shape index (κ2) is 13.2. The van der Waals surface area contributed by atoms with Gasteiger partial charge in [0.25, 0.3) is 0 Å². The molecule has 0 saturated carbocycles. The van der Waals surface area contributed by atoms with E-state index in [1.165, 1.54) is 0 Å². The number of carbonyl (C=O) groups is 3. The van der Waals surface area contributed by atoms with Crippen LogP contribution in [0.5, 0.6) is 0 Å². The number of hydrogen-bond acceptors (Lipinski definition) is 6. The zero-order chi connectivity index (χ0) is 26.0. The van der Waals surface area contributed by atoms with Crippen molar-refractivity contribution in [1.29, 1.82) is 0 Å². The maximum atomic E-state index is 12.9. The van der Waals surface area contributed by atoms with Gasteiger partial charge in [-0.1, -0.05) is 60.2 Å². The number of hydrogen-bond donors (Lipinski definition) is 2. The van der Waals surface area contributed by atoms with Gasteiger partial charge in [-0.3, -0.25) is 0 Å². The fourth-order valence-corrected chi connectivity index (χ4v) is 3.21. The lowest BCUT2D eigenvalue weighted by atomic mass is 9.99. The van der Waals surface area contributed by atoms with Gasteiger partial charge in [0.2, 0.25) is 0 Å². The van der Waals surface area contributed by atoms with Gasteiger partial charge >= 0.3 is 18.3 Å². The third-order valence-electron chi connectivity index (χ3n) is 4.90. The Kier molecular flexibility index (Phi) is 10.4. The van der Waals surface area contributed by atoms with E-state index in [1.807, 2.05) is 61.5 Å². The Labute approximate surface area is 206 Å². The quantitative estimate of drug-likeness (QED) is 0.391. The van der Waals surface area contributed by atoms with Crippen LogP contribution < -0.4 is 10.7 Å². The summed E-state index contributed by atoms with van der Waals surface area (Å²) < 4.78 is 15.9. The van der Waals surface area contributed by atoms with Gasteiger partial charge in [0, 0.05) is 0 Å². The smallest absolute Gasteiger partial charge is 0.429 e. The minimum atomic E-state index is -0.818. The van der Waals surface area contributed by atoms with E-state index >= 15 is 0 Å². The lowest BCUT2D eigenvalue weighted by molar-refractivity contribution is 0.0267. The van der Waals surface area contributed by atoms with E-state index in [1.54, 1.807) is 34.6 Å². The number of hydrazine groups is 1. The second-order valence-electron chi connectivity index (χ2n) is 8.70. The topological polar surface area (TPSA) is 106 Å². The van der Waals surface area contributed by atoms with Crippen LogP contribution in [0.2, 0.25) is 0 Å². The molecule has 0 bridgehead atoms. The molecule has 0 unspecified atom stereocenters. The average molecular weight is 486 g/mol. The highest BCUT2D eigenvalue weighted by Gasteiger charge is 2.33. The molecule has 9 heteroatoms. The normalized spacial score (nSPS) is 12.5. The van der Waals surface area contributed by atoms with Crippen molar-refractivity contribution in [3.8, 4) is 0 Å². The first-order valence-corrected chi connectivity index (χ1v) is 11.6. The minimum Gasteiger partial charge on any atom is -0.446 e. The Morgan fingerprint density at radius 3 is 2.00 bits per heavy atom. The summed E-state index contributed by atoms with van der Waals surface area (Å²) in [5.74, 6) is 0. The van der Waals surface area contributed by atoms with Crippen molar-refractivity contribution in [2.45, 2.75) is 72.4 Å². The number of nitrogens with one attached hydrogen (secondary N) is 2. The van der Waals surface area contributed by atoms with Crippen molar-refractivity contribution >= 4 is 18.3 Å². The molecule has 0 heterocycles. The number of amides is 3. The van der Waals surface area contributed by atoms with E-state index in [-0.39, 0.29) is 6.61 Å². The van der Waals surface area contributed by atoms with Gasteiger partial charge in [-0.25, -0.2) is 24.8 Å². The summed E-state index contributed by atoms with van der Waals surface area (Å²) in [5, 5.41) is 3.84. The largest absolute Gasteiger partial charge is 0.446 e. The van der Waals surface area contributed by atoms with Crippen molar-refractivity contribution in [1.82, 2.24) is 15.8 Å². The molecule has 2 aromatic rings. The monoisotopic (exact) mass is 485 g/mol. The molecule has 0 aromatic heterocycles. The molecule has 0 aliphatic rings. The van der Waals surface area contributed by atoms with Gasteiger partial charge in [0.15, 0.2) is 0 Å². The molecule has 2 atom stereocenters. The SMILES string of the molecule is Cc1ccc([C@@H](NC(=O)OCc2ccccc2)[C@@H](C)N(NC(=O)OC(C)C)C(=O)OC(C)C)cc1. The summed E-state index contributed by atoms with van der Waals surface area (Å²) in [4.78, 5) is 38.0. The molecule has 2 N–H and O–H groups in total. The summed E-state index contributed by atoms with van der Waals surface area (Å²) in [6.45, 7) is 10.5. The fraction of sp³-hybridized carbons (Fsp3) is 0.423. The standard InChI is InChI=1S/C26H35N3O6/c1-17(2)34-25(31)28-29(26(32)35-18(3)4)20(6)23(22-14-12-19(5)13-15-22)27-24(30)33-16-21-10-8-7-9-11-21/h7-15,17-18,20,23H,16H2,1-6H3,(H,27,30)(H,28,31)/t20-,23+/m1/s1. The first-order chi connectivity index (χ1) is 16.6. The maximum Gasteiger partial charge on any atom is 0.429 e. The zero-order valence-corrected chi connectivity index (χ0v) is 21.1. The van der Waals surface area contributed by atoms with Crippen LogP contribution in [-0.4, -0.2) is 41.5 Å². The van der Waals surface area contributed by atoms with Crippen LogP contribution in [0.1, 0.15) is 57.4 Å². The van der Waals surface area contributed by atoms with E-state index < -0.39 is 42.6 Å². The van der Waals surface area contributed by atoms with Crippen LogP contribution in [-0.2, 0) is 20.8 Å². The Hall–Kier alpha value is -3.75. The van der Waals surface area contributed by atoms with E-state index in [0.29, 0.717) is 5.56 Å². The molecule has 0 radical (unpaired) electrons. The molecule has 2 aromatic carbocycles. The fourth-order valence-electron chi connectivity index (χ4n) is 3.21. The number of rotatable bonds is 8. The summed E-state index contributed by atoms with van der Waals surface area (Å²) in [6, 6.07) is 15.2. The third kappa shape index (κ3) is 9.19. The molecule has 0 saturated heterocycles. The van der Waals surface area contributed by atoms with Crippen molar-refractivity contribution in [2.75, 3.05) is 0 Å². The highest BCUT2D eigenvalue weighted by molar-refractivity contribution is 5.75. The molecule has 0 aliphatic carbocycles. The predicted molar refractivity (Wildman–Crippen MR) is 131 cm³/mol. The number of ether oxygens (including phenoxy) is 3. The molecule has 0 aliphatic heterocycles. The number of alkyl carbamates (subject to hydrolysis) is 1. The summed E-state index contributed by atoms with van der Waals surface area (Å²) in [6.07, 6.45) is -3.10. The van der Waals surface area contributed by atoms with Crippen LogP contribution in [0.4, 0.5) is 14.4 Å². The Bertz CT molecular complexity index is 963. The lowest BCUT2D eigenvalue weighted by Gasteiger charge is -2.34. The first kappa shape index (κ1) is 27.5. The van der Waals surface area contributed by atoms with E-state index in [4.69, 9.17) is 14.2 Å². The number of aryl methyl sites for hydroxylation is 1. The number of carbonyl (C=O) groups excluding carboxylic acids is 3. The van der Waals surface area contributed by atoms with E-state index in [0.717, 1.165) is 16.1 Å². The third-order valence-corrected chi connectivity index (χ3v) is 4.90. The van der Waals surface area contributed by atoms with Crippen LogP contribution in [0.3, 0.4) is 0 Å². The second-order valence-corrected chi connectivity index (χ2v) is 8.70. The van der Waals surface area contributed by atoms with Crippen molar-refractivity contribution in [3.05, 3.63) is 71.3 Å².